The van der Waals surface area contributed by atoms with Gasteiger partial charge in [0.2, 0.25) is 5.91 Å². The number of H-pyrrole nitrogens is 1. The number of benzene rings is 2. The van der Waals surface area contributed by atoms with Crippen LogP contribution >= 0.6 is 0 Å². The lowest BCUT2D eigenvalue weighted by atomic mass is 10.1. The van der Waals surface area contributed by atoms with Crippen LogP contribution in [0.4, 0.5) is 21.6 Å². The Morgan fingerprint density at radius 3 is 2.88 bits per heavy atom. The van der Waals surface area contributed by atoms with Gasteiger partial charge in [0.05, 0.1) is 12.1 Å². The van der Waals surface area contributed by atoms with E-state index in [0.717, 1.165) is 16.9 Å². The molecule has 0 radical (unpaired) electrons. The van der Waals surface area contributed by atoms with Crippen molar-refractivity contribution in [2.45, 2.75) is 6.42 Å². The Kier molecular flexibility index (Phi) is 3.19. The van der Waals surface area contributed by atoms with Crippen molar-refractivity contribution >= 4 is 23.1 Å². The molecule has 0 atom stereocenters. The molecule has 0 aliphatic carbocycles. The summed E-state index contributed by atoms with van der Waals surface area (Å²) >= 11 is 0. The van der Waals surface area contributed by atoms with Crippen molar-refractivity contribution < 1.29 is 14.3 Å². The molecule has 3 aromatic rings. The second-order valence-corrected chi connectivity index (χ2v) is 5.55. The normalized spacial score (nSPS) is 12.8. The third kappa shape index (κ3) is 2.56. The number of rotatable bonds is 3. The summed E-state index contributed by atoms with van der Waals surface area (Å²) < 4.78 is 13.4. The molecule has 1 aliphatic heterocycles. The Hall–Kier alpha value is -3.35. The summed E-state index contributed by atoms with van der Waals surface area (Å²) in [6, 6.07) is 11.4. The van der Waals surface area contributed by atoms with Gasteiger partial charge in [-0.1, -0.05) is 0 Å². The third-order valence-corrected chi connectivity index (χ3v) is 3.84. The second kappa shape index (κ2) is 5.38. The second-order valence-electron chi connectivity index (χ2n) is 5.55. The number of nitrogens with one attached hydrogen (secondary N) is 3. The fourth-order valence-electron chi connectivity index (χ4n) is 2.66. The molecule has 4 rings (SSSR count). The van der Waals surface area contributed by atoms with E-state index in [1.807, 2.05) is 18.2 Å². The number of halogens is 1. The molecule has 1 aromatic heterocycles. The van der Waals surface area contributed by atoms with Crippen LogP contribution in [0.3, 0.4) is 0 Å². The van der Waals surface area contributed by atoms with Crippen molar-refractivity contribution in [2.24, 2.45) is 0 Å². The lowest BCUT2D eigenvalue weighted by Gasteiger charge is -2.05. The van der Waals surface area contributed by atoms with Crippen LogP contribution in [0.2, 0.25) is 0 Å². The van der Waals surface area contributed by atoms with E-state index < -0.39 is 11.6 Å². The molecule has 0 spiro atoms. The molecule has 24 heavy (non-hydrogen) atoms. The van der Waals surface area contributed by atoms with Crippen molar-refractivity contribution in [1.82, 2.24) is 10.2 Å². The van der Waals surface area contributed by atoms with Gasteiger partial charge in [-0.15, -0.1) is 0 Å². The number of carbonyl (C=O) groups excluding carboxylic acids is 1. The molecule has 0 unspecified atom stereocenters. The Bertz CT molecular complexity index is 952. The number of hydrogen-bond acceptors (Lipinski definition) is 4. The topological polar surface area (TPSA) is 90.0 Å². The molecule has 7 heteroatoms. The highest BCUT2D eigenvalue weighted by Crippen LogP contribution is 2.29. The Balaban J connectivity index is 1.56. The number of phenolic OH excluding ortho intramolecular Hbond substituents is 1. The first-order valence-corrected chi connectivity index (χ1v) is 7.32. The van der Waals surface area contributed by atoms with E-state index in [0.29, 0.717) is 23.5 Å². The van der Waals surface area contributed by atoms with Gasteiger partial charge in [-0.2, -0.15) is 5.10 Å². The van der Waals surface area contributed by atoms with Gasteiger partial charge in [0.15, 0.2) is 17.4 Å². The Morgan fingerprint density at radius 1 is 1.17 bits per heavy atom. The molecule has 2 aromatic carbocycles. The van der Waals surface area contributed by atoms with Crippen molar-refractivity contribution in [3.63, 3.8) is 0 Å². The largest absolute Gasteiger partial charge is 0.505 e. The highest BCUT2D eigenvalue weighted by molar-refractivity contribution is 5.99. The van der Waals surface area contributed by atoms with E-state index >= 15 is 0 Å². The van der Waals surface area contributed by atoms with Crippen LogP contribution in [-0.4, -0.2) is 21.2 Å². The quantitative estimate of drug-likeness (QED) is 0.596. The molecular formula is C17H13FN4O2. The first-order chi connectivity index (χ1) is 11.6. The number of amides is 1. The van der Waals surface area contributed by atoms with Crippen LogP contribution in [0.25, 0.3) is 11.3 Å². The number of hydrogen-bond donors (Lipinski definition) is 4. The van der Waals surface area contributed by atoms with Crippen LogP contribution in [0.15, 0.2) is 42.5 Å². The summed E-state index contributed by atoms with van der Waals surface area (Å²) in [4.78, 5) is 11.4. The molecule has 120 valence electrons. The molecule has 1 amide bonds. The van der Waals surface area contributed by atoms with Crippen molar-refractivity contribution in [3.8, 4) is 17.0 Å². The number of fused-ring (bicyclic) bond motifs is 1. The van der Waals surface area contributed by atoms with E-state index in [2.05, 4.69) is 20.8 Å². The van der Waals surface area contributed by atoms with Crippen molar-refractivity contribution in [2.75, 3.05) is 10.6 Å². The van der Waals surface area contributed by atoms with Gasteiger partial charge in [-0.05, 0) is 42.0 Å². The summed E-state index contributed by atoms with van der Waals surface area (Å²) in [6.07, 6.45) is 0.365. The zero-order valence-corrected chi connectivity index (χ0v) is 12.4. The summed E-state index contributed by atoms with van der Waals surface area (Å²) in [6.45, 7) is 0. The molecule has 6 nitrogen and oxygen atoms in total. The minimum absolute atomic E-state index is 0.0152. The number of aromatic nitrogens is 2. The average Bonchev–Trinajstić information content (AvgIpc) is 3.15. The van der Waals surface area contributed by atoms with E-state index in [-0.39, 0.29) is 5.91 Å². The fourth-order valence-corrected chi connectivity index (χ4v) is 2.66. The zero-order chi connectivity index (χ0) is 16.7. The molecule has 0 saturated heterocycles. The maximum Gasteiger partial charge on any atom is 0.228 e. The number of aromatic hydroxyl groups is 1. The Morgan fingerprint density at radius 2 is 2.04 bits per heavy atom. The zero-order valence-electron chi connectivity index (χ0n) is 12.4. The van der Waals surface area contributed by atoms with Gasteiger partial charge >= 0.3 is 0 Å². The Labute approximate surface area is 136 Å². The van der Waals surface area contributed by atoms with Crippen LogP contribution < -0.4 is 10.6 Å². The van der Waals surface area contributed by atoms with Crippen LogP contribution in [0.5, 0.6) is 5.75 Å². The standard InChI is InChI=1S/C17H13FN4O2/c18-12-6-9(1-4-15(12)23)14-8-16(22-21-14)19-11-2-3-13-10(5-11)7-17(24)20-13/h1-6,8,23H,7H2,(H,20,24)(H2,19,21,22). The van der Waals surface area contributed by atoms with E-state index in [1.54, 1.807) is 12.1 Å². The summed E-state index contributed by atoms with van der Waals surface area (Å²) in [5.74, 6) is -0.528. The minimum Gasteiger partial charge on any atom is -0.505 e. The molecule has 4 N–H and O–H groups in total. The maximum absolute atomic E-state index is 13.4. The molecule has 0 fully saturated rings. The number of nitrogens with zero attached hydrogens (tertiary/aromatic N) is 1. The van der Waals surface area contributed by atoms with Gasteiger partial charge in [0.25, 0.3) is 0 Å². The third-order valence-electron chi connectivity index (χ3n) is 3.84. The monoisotopic (exact) mass is 324 g/mol. The van der Waals surface area contributed by atoms with Crippen molar-refractivity contribution in [1.29, 1.82) is 0 Å². The van der Waals surface area contributed by atoms with Crippen LogP contribution in [0, 0.1) is 5.82 Å². The molecule has 2 heterocycles. The first-order valence-electron chi connectivity index (χ1n) is 7.32. The summed E-state index contributed by atoms with van der Waals surface area (Å²) in [5, 5.41) is 22.1. The van der Waals surface area contributed by atoms with E-state index in [9.17, 15) is 14.3 Å². The molecular weight excluding hydrogens is 311 g/mol. The number of anilines is 3. The SMILES string of the molecule is O=C1Cc2cc(Nc3cc(-c4ccc(O)c(F)c4)[nH]n3)ccc2N1. The first kappa shape index (κ1) is 14.3. The molecule has 1 aliphatic rings. The maximum atomic E-state index is 13.4. The number of carbonyl (C=O) groups is 1. The molecule has 0 saturated carbocycles. The van der Waals surface area contributed by atoms with E-state index in [4.69, 9.17) is 0 Å². The fraction of sp³-hybridized carbons (Fsp3) is 0.0588. The molecule has 0 bridgehead atoms. The van der Waals surface area contributed by atoms with Gasteiger partial charge in [-0.3, -0.25) is 9.89 Å². The highest BCUT2D eigenvalue weighted by atomic mass is 19.1. The van der Waals surface area contributed by atoms with Crippen LogP contribution in [-0.2, 0) is 11.2 Å². The van der Waals surface area contributed by atoms with Gasteiger partial charge in [0, 0.05) is 23.0 Å². The van der Waals surface area contributed by atoms with Gasteiger partial charge < -0.3 is 15.7 Å². The number of aromatic amines is 1. The highest BCUT2D eigenvalue weighted by Gasteiger charge is 2.17. The summed E-state index contributed by atoms with van der Waals surface area (Å²) in [5.41, 5.74) is 3.76. The minimum atomic E-state index is -0.688. The summed E-state index contributed by atoms with van der Waals surface area (Å²) in [7, 11) is 0. The smallest absolute Gasteiger partial charge is 0.228 e. The van der Waals surface area contributed by atoms with Gasteiger partial charge in [-0.25, -0.2) is 4.39 Å². The average molecular weight is 324 g/mol. The van der Waals surface area contributed by atoms with Gasteiger partial charge in [0.1, 0.15) is 0 Å². The lowest BCUT2D eigenvalue weighted by Crippen LogP contribution is -2.03. The predicted octanol–water partition coefficient (Wildman–Crippen LogP) is 3.16. The van der Waals surface area contributed by atoms with E-state index in [1.165, 1.54) is 12.1 Å². The van der Waals surface area contributed by atoms with Crippen LogP contribution in [0.1, 0.15) is 5.56 Å². The predicted molar refractivity (Wildman–Crippen MR) is 87.7 cm³/mol. The number of phenols is 1. The van der Waals surface area contributed by atoms with Crippen molar-refractivity contribution in [3.05, 3.63) is 53.8 Å². The lowest BCUT2D eigenvalue weighted by molar-refractivity contribution is -0.115.